The standard InChI is InChI=1S/C11H13FN2O/c1-2-8(13)6-11-14-9-4-3-7(12)5-10(9)15-11/h3-5,8H,2,6,13H2,1H3. The first-order chi connectivity index (χ1) is 7.19. The molecular weight excluding hydrogens is 195 g/mol. The molecule has 1 unspecified atom stereocenters. The van der Waals surface area contributed by atoms with Crippen molar-refractivity contribution in [2.75, 3.05) is 0 Å². The van der Waals surface area contributed by atoms with Gasteiger partial charge >= 0.3 is 0 Å². The van der Waals surface area contributed by atoms with Crippen molar-refractivity contribution >= 4 is 11.1 Å². The van der Waals surface area contributed by atoms with Crippen LogP contribution in [0.5, 0.6) is 0 Å². The van der Waals surface area contributed by atoms with E-state index in [4.69, 9.17) is 10.2 Å². The summed E-state index contributed by atoms with van der Waals surface area (Å²) in [4.78, 5) is 4.23. The summed E-state index contributed by atoms with van der Waals surface area (Å²) >= 11 is 0. The summed E-state index contributed by atoms with van der Waals surface area (Å²) in [5, 5.41) is 0. The van der Waals surface area contributed by atoms with Gasteiger partial charge in [-0.3, -0.25) is 0 Å². The van der Waals surface area contributed by atoms with Gasteiger partial charge in [0.1, 0.15) is 11.3 Å². The van der Waals surface area contributed by atoms with Crippen LogP contribution in [0.1, 0.15) is 19.2 Å². The Hall–Kier alpha value is -1.42. The van der Waals surface area contributed by atoms with Gasteiger partial charge in [0, 0.05) is 18.5 Å². The van der Waals surface area contributed by atoms with Gasteiger partial charge in [0.05, 0.1) is 0 Å². The van der Waals surface area contributed by atoms with Gasteiger partial charge in [0.2, 0.25) is 0 Å². The second kappa shape index (κ2) is 3.98. The molecule has 1 aromatic heterocycles. The molecule has 2 rings (SSSR count). The largest absolute Gasteiger partial charge is 0.441 e. The van der Waals surface area contributed by atoms with Crippen molar-refractivity contribution in [2.24, 2.45) is 5.73 Å². The van der Waals surface area contributed by atoms with E-state index in [0.717, 1.165) is 6.42 Å². The molecule has 0 fully saturated rings. The minimum absolute atomic E-state index is 0.0444. The number of halogens is 1. The van der Waals surface area contributed by atoms with Crippen molar-refractivity contribution in [1.82, 2.24) is 4.98 Å². The number of oxazole rings is 1. The Morgan fingerprint density at radius 2 is 2.33 bits per heavy atom. The second-order valence-corrected chi connectivity index (χ2v) is 3.59. The Morgan fingerprint density at radius 1 is 1.53 bits per heavy atom. The second-order valence-electron chi connectivity index (χ2n) is 3.59. The smallest absolute Gasteiger partial charge is 0.197 e. The Kier molecular flexibility index (Phi) is 2.68. The lowest BCUT2D eigenvalue weighted by Crippen LogP contribution is -2.21. The number of nitrogens with two attached hydrogens (primary N) is 1. The molecule has 15 heavy (non-hydrogen) atoms. The molecule has 0 aliphatic carbocycles. The first-order valence-corrected chi connectivity index (χ1v) is 4.99. The summed E-state index contributed by atoms with van der Waals surface area (Å²) in [5.41, 5.74) is 6.94. The number of hydrogen-bond acceptors (Lipinski definition) is 3. The lowest BCUT2D eigenvalue weighted by molar-refractivity contribution is 0.489. The summed E-state index contributed by atoms with van der Waals surface area (Å²) in [7, 11) is 0. The van der Waals surface area contributed by atoms with Crippen LogP contribution in [-0.2, 0) is 6.42 Å². The van der Waals surface area contributed by atoms with Gasteiger partial charge in [-0.25, -0.2) is 9.37 Å². The van der Waals surface area contributed by atoms with E-state index in [9.17, 15) is 4.39 Å². The van der Waals surface area contributed by atoms with Crippen LogP contribution in [-0.4, -0.2) is 11.0 Å². The van der Waals surface area contributed by atoms with Gasteiger partial charge in [0.25, 0.3) is 0 Å². The van der Waals surface area contributed by atoms with E-state index in [1.165, 1.54) is 12.1 Å². The number of benzene rings is 1. The highest BCUT2D eigenvalue weighted by Gasteiger charge is 2.09. The maximum absolute atomic E-state index is 12.9. The van der Waals surface area contributed by atoms with E-state index in [0.29, 0.717) is 23.4 Å². The molecule has 0 aliphatic rings. The van der Waals surface area contributed by atoms with E-state index in [2.05, 4.69) is 4.98 Å². The molecule has 1 aromatic carbocycles. The quantitative estimate of drug-likeness (QED) is 0.841. The van der Waals surface area contributed by atoms with Crippen molar-refractivity contribution in [1.29, 1.82) is 0 Å². The fraction of sp³-hybridized carbons (Fsp3) is 0.364. The van der Waals surface area contributed by atoms with Gasteiger partial charge in [-0.2, -0.15) is 0 Å². The van der Waals surface area contributed by atoms with Crippen molar-refractivity contribution in [3.63, 3.8) is 0 Å². The van der Waals surface area contributed by atoms with Crippen LogP contribution in [0.4, 0.5) is 4.39 Å². The lowest BCUT2D eigenvalue weighted by Gasteiger charge is -2.03. The molecule has 0 spiro atoms. The fourth-order valence-corrected chi connectivity index (χ4v) is 1.40. The van der Waals surface area contributed by atoms with E-state index in [-0.39, 0.29) is 11.9 Å². The molecule has 0 amide bonds. The Labute approximate surface area is 87.1 Å². The molecule has 0 radical (unpaired) electrons. The molecule has 80 valence electrons. The van der Waals surface area contributed by atoms with Crippen LogP contribution >= 0.6 is 0 Å². The SMILES string of the molecule is CCC(N)Cc1nc2ccc(F)cc2o1. The van der Waals surface area contributed by atoms with Crippen molar-refractivity contribution in [3.8, 4) is 0 Å². The number of aromatic nitrogens is 1. The minimum atomic E-state index is -0.315. The zero-order valence-electron chi connectivity index (χ0n) is 8.53. The molecule has 0 saturated carbocycles. The molecule has 0 bridgehead atoms. The Balaban J connectivity index is 2.30. The van der Waals surface area contributed by atoms with Gasteiger partial charge in [-0.05, 0) is 18.6 Å². The van der Waals surface area contributed by atoms with Crippen LogP contribution in [0.3, 0.4) is 0 Å². The first-order valence-electron chi connectivity index (χ1n) is 4.99. The number of hydrogen-bond donors (Lipinski definition) is 1. The predicted molar refractivity (Wildman–Crippen MR) is 55.9 cm³/mol. The number of fused-ring (bicyclic) bond motifs is 1. The van der Waals surface area contributed by atoms with Crippen LogP contribution in [0.25, 0.3) is 11.1 Å². The van der Waals surface area contributed by atoms with Gasteiger partial charge in [-0.1, -0.05) is 6.92 Å². The van der Waals surface area contributed by atoms with Crippen LogP contribution in [0.15, 0.2) is 22.6 Å². The summed E-state index contributed by atoms with van der Waals surface area (Å²) < 4.78 is 18.3. The highest BCUT2D eigenvalue weighted by Crippen LogP contribution is 2.17. The fourth-order valence-electron chi connectivity index (χ4n) is 1.40. The summed E-state index contributed by atoms with van der Waals surface area (Å²) in [6, 6.07) is 4.36. The number of nitrogens with zero attached hydrogens (tertiary/aromatic N) is 1. The number of rotatable bonds is 3. The van der Waals surface area contributed by atoms with Crippen molar-refractivity contribution < 1.29 is 8.81 Å². The van der Waals surface area contributed by atoms with E-state index in [1.54, 1.807) is 6.07 Å². The predicted octanol–water partition coefficient (Wildman–Crippen LogP) is 2.25. The van der Waals surface area contributed by atoms with Crippen LogP contribution in [0.2, 0.25) is 0 Å². The van der Waals surface area contributed by atoms with Crippen molar-refractivity contribution in [2.45, 2.75) is 25.8 Å². The van der Waals surface area contributed by atoms with Crippen LogP contribution in [0, 0.1) is 5.82 Å². The molecule has 1 atom stereocenters. The summed E-state index contributed by atoms with van der Waals surface area (Å²) in [6.07, 6.45) is 1.46. The molecule has 0 saturated heterocycles. The lowest BCUT2D eigenvalue weighted by atomic mass is 10.2. The normalized spacial score (nSPS) is 13.3. The third-order valence-electron chi connectivity index (χ3n) is 2.36. The zero-order valence-corrected chi connectivity index (χ0v) is 8.53. The summed E-state index contributed by atoms with van der Waals surface area (Å²) in [5.74, 6) is 0.259. The molecule has 4 heteroatoms. The van der Waals surface area contributed by atoms with Crippen molar-refractivity contribution in [3.05, 3.63) is 29.9 Å². The average Bonchev–Trinajstić information content (AvgIpc) is 2.59. The van der Waals surface area contributed by atoms with E-state index >= 15 is 0 Å². The Morgan fingerprint density at radius 3 is 3.07 bits per heavy atom. The topological polar surface area (TPSA) is 52.0 Å². The van der Waals surface area contributed by atoms with Crippen LogP contribution < -0.4 is 5.73 Å². The molecule has 3 nitrogen and oxygen atoms in total. The first kappa shape index (κ1) is 10.1. The third kappa shape index (κ3) is 2.15. The van der Waals surface area contributed by atoms with Gasteiger partial charge in [0.15, 0.2) is 11.5 Å². The van der Waals surface area contributed by atoms with E-state index in [1.807, 2.05) is 6.92 Å². The molecule has 1 heterocycles. The minimum Gasteiger partial charge on any atom is -0.441 e. The average molecular weight is 208 g/mol. The third-order valence-corrected chi connectivity index (χ3v) is 2.36. The monoisotopic (exact) mass is 208 g/mol. The highest BCUT2D eigenvalue weighted by atomic mass is 19.1. The maximum Gasteiger partial charge on any atom is 0.197 e. The molecule has 0 aliphatic heterocycles. The maximum atomic E-state index is 12.9. The summed E-state index contributed by atoms with van der Waals surface area (Å²) in [6.45, 7) is 2.01. The molecule has 2 N–H and O–H groups in total. The zero-order chi connectivity index (χ0) is 10.8. The molecule has 2 aromatic rings. The highest BCUT2D eigenvalue weighted by molar-refractivity contribution is 5.72. The Bertz CT molecular complexity index is 467. The molecular formula is C11H13FN2O. The van der Waals surface area contributed by atoms with Gasteiger partial charge < -0.3 is 10.2 Å². The van der Waals surface area contributed by atoms with E-state index < -0.39 is 0 Å². The van der Waals surface area contributed by atoms with Gasteiger partial charge in [-0.15, -0.1) is 0 Å².